The van der Waals surface area contributed by atoms with Crippen molar-refractivity contribution < 1.29 is 18.3 Å². The number of fused-ring (bicyclic) bond motifs is 1. The maximum Gasteiger partial charge on any atom is 0.257 e. The smallest absolute Gasteiger partial charge is 0.257 e. The zero-order valence-electron chi connectivity index (χ0n) is 12.9. The van der Waals surface area contributed by atoms with Crippen LogP contribution in [0.1, 0.15) is 21.5 Å². The minimum Gasteiger partial charge on any atom is -0.372 e. The molecule has 2 aromatic carbocycles. The van der Waals surface area contributed by atoms with E-state index >= 15 is 0 Å². The predicted octanol–water partition coefficient (Wildman–Crippen LogP) is 4.37. The first-order valence-electron chi connectivity index (χ1n) is 7.52. The summed E-state index contributed by atoms with van der Waals surface area (Å²) in [6, 6.07) is 8.99. The largest absolute Gasteiger partial charge is 0.372 e. The number of anilines is 1. The van der Waals surface area contributed by atoms with Crippen LogP contribution in [-0.2, 0) is 18.0 Å². The monoisotopic (exact) mass is 358 g/mol. The number of ether oxygens (including phenoxy) is 1. The zero-order chi connectivity index (χ0) is 17.4. The van der Waals surface area contributed by atoms with Gasteiger partial charge in [-0.05, 0) is 35.4 Å². The maximum atomic E-state index is 13.8. The summed E-state index contributed by atoms with van der Waals surface area (Å²) in [4.78, 5) is 16.5. The van der Waals surface area contributed by atoms with Gasteiger partial charge >= 0.3 is 0 Å². The number of aromatic nitrogens is 1. The average molecular weight is 358 g/mol. The molecule has 0 fully saturated rings. The molecule has 0 spiro atoms. The van der Waals surface area contributed by atoms with Crippen molar-refractivity contribution in [2.75, 3.05) is 5.32 Å². The molecule has 126 valence electrons. The summed E-state index contributed by atoms with van der Waals surface area (Å²) in [6.07, 6.45) is 0. The van der Waals surface area contributed by atoms with Crippen molar-refractivity contribution in [1.29, 1.82) is 0 Å². The average Bonchev–Trinajstić information content (AvgIpc) is 3.23. The van der Waals surface area contributed by atoms with Gasteiger partial charge in [0.15, 0.2) is 5.13 Å². The summed E-state index contributed by atoms with van der Waals surface area (Å²) < 4.78 is 33.0. The molecule has 1 N–H and O–H groups in total. The van der Waals surface area contributed by atoms with Gasteiger partial charge in [0, 0.05) is 10.9 Å². The van der Waals surface area contributed by atoms with E-state index in [1.165, 1.54) is 23.6 Å². The second kappa shape index (κ2) is 6.34. The summed E-state index contributed by atoms with van der Waals surface area (Å²) in [6.45, 7) is 1.05. The topological polar surface area (TPSA) is 51.2 Å². The minimum absolute atomic E-state index is 0.151. The first kappa shape index (κ1) is 15.9. The van der Waals surface area contributed by atoms with Crippen LogP contribution < -0.4 is 5.32 Å². The molecule has 0 atom stereocenters. The van der Waals surface area contributed by atoms with Crippen molar-refractivity contribution in [3.8, 4) is 11.3 Å². The van der Waals surface area contributed by atoms with Crippen molar-refractivity contribution in [1.82, 2.24) is 4.98 Å². The lowest BCUT2D eigenvalue weighted by atomic mass is 10.1. The number of thiazole rings is 1. The molecule has 7 heteroatoms. The van der Waals surface area contributed by atoms with Crippen LogP contribution in [0.15, 0.2) is 41.8 Å². The highest BCUT2D eigenvalue weighted by molar-refractivity contribution is 7.14. The third-order valence-electron chi connectivity index (χ3n) is 3.93. The summed E-state index contributed by atoms with van der Waals surface area (Å²) in [5.74, 6) is -1.71. The third kappa shape index (κ3) is 3.04. The van der Waals surface area contributed by atoms with Crippen molar-refractivity contribution in [2.45, 2.75) is 13.2 Å². The molecule has 1 aromatic heterocycles. The summed E-state index contributed by atoms with van der Waals surface area (Å²) in [5, 5.41) is 4.45. The van der Waals surface area contributed by atoms with Gasteiger partial charge in [-0.3, -0.25) is 10.1 Å². The van der Waals surface area contributed by atoms with E-state index in [4.69, 9.17) is 4.74 Å². The van der Waals surface area contributed by atoms with E-state index in [1.54, 1.807) is 12.1 Å². The number of rotatable bonds is 3. The Morgan fingerprint density at radius 1 is 1.12 bits per heavy atom. The Morgan fingerprint density at radius 2 is 1.88 bits per heavy atom. The van der Waals surface area contributed by atoms with Crippen molar-refractivity contribution in [2.24, 2.45) is 0 Å². The van der Waals surface area contributed by atoms with Gasteiger partial charge in [-0.2, -0.15) is 0 Å². The minimum atomic E-state index is -0.693. The highest BCUT2D eigenvalue weighted by Crippen LogP contribution is 2.29. The lowest BCUT2D eigenvalue weighted by Gasteiger charge is -2.04. The van der Waals surface area contributed by atoms with Gasteiger partial charge in [-0.1, -0.05) is 12.1 Å². The Balaban J connectivity index is 1.56. The molecule has 4 nitrogen and oxygen atoms in total. The molecule has 0 radical (unpaired) electrons. The van der Waals surface area contributed by atoms with Gasteiger partial charge in [0.05, 0.1) is 24.5 Å². The molecule has 3 aromatic rings. The number of carbonyl (C=O) groups is 1. The van der Waals surface area contributed by atoms with Gasteiger partial charge < -0.3 is 4.74 Å². The number of benzene rings is 2. The molecular weight excluding hydrogens is 346 g/mol. The van der Waals surface area contributed by atoms with Gasteiger partial charge in [-0.25, -0.2) is 13.8 Å². The van der Waals surface area contributed by atoms with E-state index in [9.17, 15) is 13.6 Å². The van der Waals surface area contributed by atoms with Crippen LogP contribution in [0.25, 0.3) is 11.3 Å². The molecule has 1 aliphatic heterocycles. The first-order chi connectivity index (χ1) is 12.1. The van der Waals surface area contributed by atoms with E-state index in [0.29, 0.717) is 18.8 Å². The Hall–Kier alpha value is -2.64. The number of nitrogens with one attached hydrogen (secondary N) is 1. The Labute approximate surface area is 146 Å². The highest BCUT2D eigenvalue weighted by atomic mass is 32.1. The highest BCUT2D eigenvalue weighted by Gasteiger charge is 2.17. The van der Waals surface area contributed by atoms with Gasteiger partial charge in [0.2, 0.25) is 0 Å². The summed E-state index contributed by atoms with van der Waals surface area (Å²) >= 11 is 1.11. The van der Waals surface area contributed by atoms with E-state index in [2.05, 4.69) is 10.3 Å². The van der Waals surface area contributed by atoms with Crippen LogP contribution in [-0.4, -0.2) is 10.9 Å². The zero-order valence-corrected chi connectivity index (χ0v) is 13.7. The molecule has 0 saturated heterocycles. The lowest BCUT2D eigenvalue weighted by Crippen LogP contribution is -2.12. The maximum absolute atomic E-state index is 13.8. The van der Waals surface area contributed by atoms with Crippen LogP contribution in [0.3, 0.4) is 0 Å². The van der Waals surface area contributed by atoms with E-state index in [0.717, 1.165) is 22.5 Å². The van der Waals surface area contributed by atoms with Crippen LogP contribution in [0, 0.1) is 11.6 Å². The van der Waals surface area contributed by atoms with E-state index in [-0.39, 0.29) is 22.3 Å². The predicted molar refractivity (Wildman–Crippen MR) is 90.4 cm³/mol. The van der Waals surface area contributed by atoms with Gasteiger partial charge in [-0.15, -0.1) is 11.3 Å². The fourth-order valence-corrected chi connectivity index (χ4v) is 3.37. The van der Waals surface area contributed by atoms with Gasteiger partial charge in [0.1, 0.15) is 11.6 Å². The fraction of sp³-hybridized carbons (Fsp3) is 0.111. The molecule has 1 aliphatic rings. The Bertz CT molecular complexity index is 951. The molecule has 1 amide bonds. The summed E-state index contributed by atoms with van der Waals surface area (Å²) in [7, 11) is 0. The van der Waals surface area contributed by atoms with Crippen molar-refractivity contribution in [3.05, 3.63) is 70.1 Å². The molecular formula is C18H12F2N2O2S. The lowest BCUT2D eigenvalue weighted by molar-refractivity contribution is 0.102. The molecule has 0 saturated carbocycles. The third-order valence-corrected chi connectivity index (χ3v) is 4.68. The normalized spacial score (nSPS) is 12.9. The standard InChI is InChI=1S/C18H12F2N2O2S/c19-13-2-1-3-14(20)16(13)15-9-25-18(21-15)22-17(23)10-4-5-11-7-24-8-12(11)6-10/h1-6,9H,7-8H2,(H,21,22,23). The SMILES string of the molecule is O=C(Nc1nc(-c2c(F)cccc2F)cs1)c1ccc2c(c1)COC2. The second-order valence-corrected chi connectivity index (χ2v) is 6.42. The molecule has 0 bridgehead atoms. The molecule has 4 rings (SSSR count). The second-order valence-electron chi connectivity index (χ2n) is 5.56. The number of hydrogen-bond donors (Lipinski definition) is 1. The fourth-order valence-electron chi connectivity index (χ4n) is 2.67. The van der Waals surface area contributed by atoms with Crippen LogP contribution >= 0.6 is 11.3 Å². The van der Waals surface area contributed by atoms with Gasteiger partial charge in [0.25, 0.3) is 5.91 Å². The van der Waals surface area contributed by atoms with Crippen molar-refractivity contribution >= 4 is 22.4 Å². The van der Waals surface area contributed by atoms with E-state index in [1.807, 2.05) is 6.07 Å². The molecule has 0 aliphatic carbocycles. The Morgan fingerprint density at radius 3 is 2.68 bits per heavy atom. The van der Waals surface area contributed by atoms with Crippen LogP contribution in [0.4, 0.5) is 13.9 Å². The van der Waals surface area contributed by atoms with Crippen molar-refractivity contribution in [3.63, 3.8) is 0 Å². The van der Waals surface area contributed by atoms with Crippen LogP contribution in [0.2, 0.25) is 0 Å². The van der Waals surface area contributed by atoms with Crippen LogP contribution in [0.5, 0.6) is 0 Å². The number of amides is 1. The number of hydrogen-bond acceptors (Lipinski definition) is 4. The summed E-state index contributed by atoms with van der Waals surface area (Å²) in [5.41, 5.74) is 2.49. The number of halogens is 2. The molecule has 2 heterocycles. The molecule has 0 unspecified atom stereocenters. The molecule has 25 heavy (non-hydrogen) atoms. The first-order valence-corrected chi connectivity index (χ1v) is 8.40. The number of carbonyl (C=O) groups excluding carboxylic acids is 1. The quantitative estimate of drug-likeness (QED) is 0.756. The van der Waals surface area contributed by atoms with E-state index < -0.39 is 11.6 Å². The Kier molecular flexibility index (Phi) is 4.03. The number of nitrogens with zero attached hydrogens (tertiary/aromatic N) is 1.